The van der Waals surface area contributed by atoms with Crippen LogP contribution in [0.2, 0.25) is 5.02 Å². The monoisotopic (exact) mass is 339 g/mol. The topological polar surface area (TPSA) is 72.5 Å². The summed E-state index contributed by atoms with van der Waals surface area (Å²) in [4.78, 5) is 11.8. The number of hydrogen-bond acceptors (Lipinski definition) is 4. The summed E-state index contributed by atoms with van der Waals surface area (Å²) in [5.41, 5.74) is 0.942. The molecule has 7 heteroatoms. The molecule has 0 fully saturated rings. The van der Waals surface area contributed by atoms with Crippen molar-refractivity contribution in [3.8, 4) is 5.75 Å². The second kappa shape index (κ2) is 6.91. The van der Waals surface area contributed by atoms with E-state index < -0.39 is 22.5 Å². The summed E-state index contributed by atoms with van der Waals surface area (Å²) in [7, 11) is -3.76. The van der Waals surface area contributed by atoms with Crippen LogP contribution >= 0.6 is 11.6 Å². The molecule has 0 aliphatic carbocycles. The van der Waals surface area contributed by atoms with Gasteiger partial charge in [-0.1, -0.05) is 41.4 Å². The number of sulfonamides is 1. The lowest BCUT2D eigenvalue weighted by molar-refractivity contribution is -0.133. The van der Waals surface area contributed by atoms with Crippen molar-refractivity contribution in [1.29, 1.82) is 0 Å². The highest BCUT2D eigenvalue weighted by atomic mass is 35.5. The summed E-state index contributed by atoms with van der Waals surface area (Å²) in [5.74, 6) is -0.563. The van der Waals surface area contributed by atoms with Crippen molar-refractivity contribution in [2.75, 3.05) is 6.54 Å². The van der Waals surface area contributed by atoms with Crippen LogP contribution in [0.25, 0.3) is 0 Å². The highest BCUT2D eigenvalue weighted by molar-refractivity contribution is 7.89. The fourth-order valence-corrected chi connectivity index (χ4v) is 2.78. The summed E-state index contributed by atoms with van der Waals surface area (Å²) in [5, 5.41) is 0.275. The third-order valence-corrected chi connectivity index (χ3v) is 4.53. The van der Waals surface area contributed by atoms with Gasteiger partial charge >= 0.3 is 5.97 Å². The molecule has 0 aromatic heterocycles. The molecule has 0 radical (unpaired) electrons. The molecule has 0 unspecified atom stereocenters. The highest BCUT2D eigenvalue weighted by Gasteiger charge is 2.16. The molecule has 0 aliphatic heterocycles. The van der Waals surface area contributed by atoms with Crippen LogP contribution in [0.15, 0.2) is 53.4 Å². The van der Waals surface area contributed by atoms with E-state index in [0.29, 0.717) is 0 Å². The van der Waals surface area contributed by atoms with Crippen molar-refractivity contribution in [1.82, 2.24) is 4.72 Å². The fraction of sp³-hybridized carbons (Fsp3) is 0.133. The van der Waals surface area contributed by atoms with Crippen LogP contribution in [0.4, 0.5) is 0 Å². The van der Waals surface area contributed by atoms with Crippen LogP contribution in [-0.2, 0) is 14.8 Å². The Hall–Kier alpha value is -1.89. The van der Waals surface area contributed by atoms with E-state index in [2.05, 4.69) is 4.72 Å². The van der Waals surface area contributed by atoms with Crippen LogP contribution in [-0.4, -0.2) is 20.9 Å². The Kier molecular flexibility index (Phi) is 5.18. The Morgan fingerprint density at radius 3 is 2.41 bits per heavy atom. The van der Waals surface area contributed by atoms with Crippen molar-refractivity contribution >= 4 is 27.6 Å². The quantitative estimate of drug-likeness (QED) is 0.671. The van der Waals surface area contributed by atoms with Crippen molar-refractivity contribution < 1.29 is 17.9 Å². The second-order valence-electron chi connectivity index (χ2n) is 4.54. The number of carbonyl (C=O) groups excluding carboxylic acids is 1. The van der Waals surface area contributed by atoms with E-state index >= 15 is 0 Å². The third kappa shape index (κ3) is 4.30. The molecule has 2 aromatic carbocycles. The lowest BCUT2D eigenvalue weighted by atomic mass is 10.2. The Balaban J connectivity index is 1.98. The Labute approximate surface area is 133 Å². The zero-order chi connectivity index (χ0) is 16.2. The molecule has 1 N–H and O–H groups in total. The number of ether oxygens (including phenoxy) is 1. The van der Waals surface area contributed by atoms with Gasteiger partial charge in [0.25, 0.3) is 0 Å². The van der Waals surface area contributed by atoms with Gasteiger partial charge in [-0.25, -0.2) is 8.42 Å². The lowest BCUT2D eigenvalue weighted by Gasteiger charge is -2.08. The van der Waals surface area contributed by atoms with Gasteiger partial charge < -0.3 is 4.74 Å². The van der Waals surface area contributed by atoms with E-state index in [0.717, 1.165) is 5.56 Å². The molecule has 2 rings (SSSR count). The molecule has 0 spiro atoms. The Bertz CT molecular complexity index is 772. The number of para-hydroxylation sites is 1. The van der Waals surface area contributed by atoms with Gasteiger partial charge in [0.15, 0.2) is 0 Å². The van der Waals surface area contributed by atoms with E-state index in [1.165, 1.54) is 18.2 Å². The summed E-state index contributed by atoms with van der Waals surface area (Å²) < 4.78 is 31.2. The average molecular weight is 340 g/mol. The van der Waals surface area contributed by atoms with E-state index in [1.54, 1.807) is 30.3 Å². The van der Waals surface area contributed by atoms with Crippen LogP contribution in [0.1, 0.15) is 5.56 Å². The van der Waals surface area contributed by atoms with Crippen molar-refractivity contribution in [2.45, 2.75) is 11.8 Å². The number of carbonyl (C=O) groups is 1. The van der Waals surface area contributed by atoms with Crippen LogP contribution < -0.4 is 9.46 Å². The maximum atomic E-state index is 12.0. The number of esters is 1. The van der Waals surface area contributed by atoms with E-state index in [4.69, 9.17) is 16.3 Å². The zero-order valence-electron chi connectivity index (χ0n) is 11.7. The van der Waals surface area contributed by atoms with E-state index in [9.17, 15) is 13.2 Å². The minimum absolute atomic E-state index is 0.0867. The van der Waals surface area contributed by atoms with Gasteiger partial charge in [0.2, 0.25) is 10.0 Å². The van der Waals surface area contributed by atoms with Crippen LogP contribution in [0.5, 0.6) is 5.75 Å². The summed E-state index contributed by atoms with van der Waals surface area (Å²) >= 11 is 5.85. The largest absolute Gasteiger partial charge is 0.424 e. The molecule has 5 nitrogen and oxygen atoms in total. The average Bonchev–Trinajstić information content (AvgIpc) is 2.48. The van der Waals surface area contributed by atoms with Gasteiger partial charge in [-0.15, -0.1) is 0 Å². The minimum atomic E-state index is -3.76. The van der Waals surface area contributed by atoms with E-state index in [1.807, 2.05) is 6.92 Å². The number of aryl methyl sites for hydroxylation is 1. The molecule has 0 heterocycles. The molecule has 0 saturated carbocycles. The predicted octanol–water partition coefficient (Wildman–Crippen LogP) is 2.53. The molecule has 0 bridgehead atoms. The number of hydrogen-bond donors (Lipinski definition) is 1. The van der Waals surface area contributed by atoms with E-state index in [-0.39, 0.29) is 15.7 Å². The molecule has 0 amide bonds. The van der Waals surface area contributed by atoms with Gasteiger partial charge in [-0.05, 0) is 31.2 Å². The molecular formula is C15H14ClNO4S. The van der Waals surface area contributed by atoms with Crippen LogP contribution in [0, 0.1) is 6.92 Å². The first-order chi connectivity index (χ1) is 10.4. The Morgan fingerprint density at radius 2 is 1.77 bits per heavy atom. The van der Waals surface area contributed by atoms with Gasteiger partial charge in [0.05, 0.1) is 9.92 Å². The Morgan fingerprint density at radius 1 is 1.14 bits per heavy atom. The minimum Gasteiger partial charge on any atom is -0.424 e. The zero-order valence-corrected chi connectivity index (χ0v) is 13.3. The van der Waals surface area contributed by atoms with Crippen molar-refractivity contribution in [3.63, 3.8) is 0 Å². The maximum Gasteiger partial charge on any atom is 0.326 e. The first-order valence-electron chi connectivity index (χ1n) is 6.40. The maximum absolute atomic E-state index is 12.0. The number of nitrogens with one attached hydrogen (secondary N) is 1. The van der Waals surface area contributed by atoms with Crippen molar-refractivity contribution in [2.24, 2.45) is 0 Å². The molecule has 2 aromatic rings. The number of rotatable bonds is 5. The molecule has 22 heavy (non-hydrogen) atoms. The molecule has 0 aliphatic rings. The summed E-state index contributed by atoms with van der Waals surface area (Å²) in [6, 6.07) is 12.7. The molecule has 0 saturated heterocycles. The van der Waals surface area contributed by atoms with Gasteiger partial charge in [-0.2, -0.15) is 4.72 Å². The molecular weight excluding hydrogens is 326 g/mol. The SMILES string of the molecule is Cc1ccc(S(=O)(=O)NCC(=O)Oc2ccccc2Cl)cc1. The third-order valence-electron chi connectivity index (χ3n) is 2.80. The standard InChI is InChI=1S/C15H14ClNO4S/c1-11-6-8-12(9-7-11)22(19,20)17-10-15(18)21-14-5-3-2-4-13(14)16/h2-9,17H,10H2,1H3. The van der Waals surface area contributed by atoms with Gasteiger partial charge in [0, 0.05) is 0 Å². The lowest BCUT2D eigenvalue weighted by Crippen LogP contribution is -2.32. The number of benzene rings is 2. The second-order valence-corrected chi connectivity index (χ2v) is 6.72. The fourth-order valence-electron chi connectivity index (χ4n) is 1.64. The van der Waals surface area contributed by atoms with Crippen LogP contribution in [0.3, 0.4) is 0 Å². The van der Waals surface area contributed by atoms with Gasteiger partial charge in [-0.3, -0.25) is 4.79 Å². The van der Waals surface area contributed by atoms with Crippen molar-refractivity contribution in [3.05, 3.63) is 59.1 Å². The normalized spacial score (nSPS) is 11.2. The first kappa shape index (κ1) is 16.5. The summed E-state index contributed by atoms with van der Waals surface area (Å²) in [6.45, 7) is 1.37. The smallest absolute Gasteiger partial charge is 0.326 e. The molecule has 0 atom stereocenters. The highest BCUT2D eigenvalue weighted by Crippen LogP contribution is 2.23. The molecule has 116 valence electrons. The first-order valence-corrected chi connectivity index (χ1v) is 8.26. The van der Waals surface area contributed by atoms with Gasteiger partial charge in [0.1, 0.15) is 12.3 Å². The number of halogens is 1. The predicted molar refractivity (Wildman–Crippen MR) is 83.5 cm³/mol. The summed E-state index contributed by atoms with van der Waals surface area (Å²) in [6.07, 6.45) is 0.